The molecule has 1 N–H and O–H groups in total. The number of carboxylic acids is 1. The number of anilines is 1. The fraction of sp³-hybridized carbons (Fsp3) is 0.310. The summed E-state index contributed by atoms with van der Waals surface area (Å²) in [7, 11) is 1.65. The molecule has 2 atom stereocenters. The number of amides is 1. The molecule has 0 saturated carbocycles. The standard InChI is InChI=1S/C29H32N2O5/c1-21-15-24(28(32)33)17-25(16-21)30-14-13-26(27(19-30)35-2)31(18-22-9-5-3-6-10-22)29(34)36-20-23-11-7-4-8-12-23/h3-12,15-17,26-27H,13-14,18-20H2,1-2H3,(H,32,33). The van der Waals surface area contributed by atoms with Gasteiger partial charge in [-0.25, -0.2) is 9.59 Å². The number of carboxylic acid groups (broad SMARTS) is 1. The van der Waals surface area contributed by atoms with Gasteiger partial charge in [-0.1, -0.05) is 60.7 Å². The fourth-order valence-electron chi connectivity index (χ4n) is 4.70. The second-order valence-electron chi connectivity index (χ2n) is 9.09. The molecule has 3 aromatic carbocycles. The number of aryl methyl sites for hydroxylation is 1. The SMILES string of the molecule is COC1CN(c2cc(C)cc(C(=O)O)c2)CCC1N(Cc1ccccc1)C(=O)OCc1ccccc1. The lowest BCUT2D eigenvalue weighted by atomic mass is 9.98. The Morgan fingerprint density at radius 1 is 1.00 bits per heavy atom. The van der Waals surface area contributed by atoms with Gasteiger partial charge in [-0.3, -0.25) is 4.90 Å². The Kier molecular flexibility index (Phi) is 8.23. The van der Waals surface area contributed by atoms with Crippen LogP contribution in [0.4, 0.5) is 10.5 Å². The number of nitrogens with zero attached hydrogens (tertiary/aromatic N) is 2. The summed E-state index contributed by atoms with van der Waals surface area (Å²) in [4.78, 5) is 28.8. The summed E-state index contributed by atoms with van der Waals surface area (Å²) in [6, 6.07) is 24.6. The highest BCUT2D eigenvalue weighted by Gasteiger charge is 2.37. The number of aromatic carboxylic acids is 1. The van der Waals surface area contributed by atoms with Crippen LogP contribution < -0.4 is 4.90 Å². The van der Waals surface area contributed by atoms with Crippen molar-refractivity contribution >= 4 is 17.7 Å². The highest BCUT2D eigenvalue weighted by molar-refractivity contribution is 5.89. The number of rotatable bonds is 8. The maximum atomic E-state index is 13.4. The van der Waals surface area contributed by atoms with Crippen LogP contribution >= 0.6 is 0 Å². The van der Waals surface area contributed by atoms with Gasteiger partial charge in [0.25, 0.3) is 0 Å². The molecule has 0 aliphatic carbocycles. The van der Waals surface area contributed by atoms with Crippen LogP contribution in [0, 0.1) is 6.92 Å². The van der Waals surface area contributed by atoms with E-state index in [2.05, 4.69) is 4.90 Å². The van der Waals surface area contributed by atoms with Gasteiger partial charge >= 0.3 is 12.1 Å². The molecule has 1 saturated heterocycles. The van der Waals surface area contributed by atoms with Crippen molar-refractivity contribution in [3.05, 3.63) is 101 Å². The lowest BCUT2D eigenvalue weighted by Crippen LogP contribution is -2.56. The van der Waals surface area contributed by atoms with Crippen molar-refractivity contribution < 1.29 is 24.2 Å². The number of carbonyl (C=O) groups is 2. The predicted octanol–water partition coefficient (Wildman–Crippen LogP) is 5.13. The average Bonchev–Trinajstić information content (AvgIpc) is 2.91. The first-order valence-electron chi connectivity index (χ1n) is 12.1. The zero-order chi connectivity index (χ0) is 25.5. The molecule has 2 unspecified atom stereocenters. The molecule has 1 amide bonds. The Morgan fingerprint density at radius 3 is 2.31 bits per heavy atom. The van der Waals surface area contributed by atoms with Gasteiger partial charge in [-0.2, -0.15) is 0 Å². The molecule has 0 radical (unpaired) electrons. The topological polar surface area (TPSA) is 79.3 Å². The molecule has 3 aromatic rings. The van der Waals surface area contributed by atoms with E-state index in [9.17, 15) is 14.7 Å². The maximum absolute atomic E-state index is 13.4. The molecule has 4 rings (SSSR count). The number of ether oxygens (including phenoxy) is 2. The Labute approximate surface area is 211 Å². The van der Waals surface area contributed by atoms with Crippen LogP contribution in [0.15, 0.2) is 78.9 Å². The second kappa shape index (κ2) is 11.7. The Balaban J connectivity index is 1.54. The first kappa shape index (κ1) is 25.3. The van der Waals surface area contributed by atoms with Crippen LogP contribution in [0.2, 0.25) is 0 Å². The fourth-order valence-corrected chi connectivity index (χ4v) is 4.70. The highest BCUT2D eigenvalue weighted by Crippen LogP contribution is 2.28. The van der Waals surface area contributed by atoms with E-state index in [0.29, 0.717) is 26.1 Å². The van der Waals surface area contributed by atoms with Crippen LogP contribution in [0.1, 0.15) is 33.5 Å². The van der Waals surface area contributed by atoms with Crippen molar-refractivity contribution in [3.8, 4) is 0 Å². The van der Waals surface area contributed by atoms with Crippen LogP contribution in [0.25, 0.3) is 0 Å². The van der Waals surface area contributed by atoms with Crippen LogP contribution in [-0.2, 0) is 22.6 Å². The summed E-state index contributed by atoms with van der Waals surface area (Å²) in [5.41, 5.74) is 3.93. The molecule has 1 aliphatic rings. The lowest BCUT2D eigenvalue weighted by molar-refractivity contribution is -0.00331. The van der Waals surface area contributed by atoms with Gasteiger partial charge in [0.1, 0.15) is 6.61 Å². The molecule has 7 heteroatoms. The van der Waals surface area contributed by atoms with Crippen LogP contribution in [0.5, 0.6) is 0 Å². The maximum Gasteiger partial charge on any atom is 0.410 e. The molecule has 1 fully saturated rings. The third kappa shape index (κ3) is 6.23. The molecule has 1 heterocycles. The second-order valence-corrected chi connectivity index (χ2v) is 9.09. The third-order valence-corrected chi connectivity index (χ3v) is 6.54. The number of benzene rings is 3. The van der Waals surface area contributed by atoms with E-state index in [4.69, 9.17) is 9.47 Å². The Bertz CT molecular complexity index is 1170. The smallest absolute Gasteiger partial charge is 0.410 e. The number of hydrogen-bond acceptors (Lipinski definition) is 5. The number of carbonyl (C=O) groups excluding carboxylic acids is 1. The Morgan fingerprint density at radius 2 is 1.67 bits per heavy atom. The molecule has 0 aromatic heterocycles. The van der Waals surface area contributed by atoms with E-state index in [-0.39, 0.29) is 30.4 Å². The lowest BCUT2D eigenvalue weighted by Gasteiger charge is -2.43. The van der Waals surface area contributed by atoms with Crippen LogP contribution in [0.3, 0.4) is 0 Å². The Hall–Kier alpha value is -3.84. The van der Waals surface area contributed by atoms with Crippen molar-refractivity contribution in [3.63, 3.8) is 0 Å². The van der Waals surface area contributed by atoms with Gasteiger partial charge in [0, 0.05) is 32.4 Å². The first-order chi connectivity index (χ1) is 17.4. The van der Waals surface area contributed by atoms with Crippen LogP contribution in [-0.4, -0.2) is 54.4 Å². The minimum Gasteiger partial charge on any atom is -0.478 e. The van der Waals surface area contributed by atoms with Crippen molar-refractivity contribution in [2.45, 2.75) is 38.6 Å². The quantitative estimate of drug-likeness (QED) is 0.474. The summed E-state index contributed by atoms with van der Waals surface area (Å²) >= 11 is 0. The van der Waals surface area contributed by atoms with E-state index in [0.717, 1.165) is 22.4 Å². The van der Waals surface area contributed by atoms with Gasteiger partial charge in [-0.15, -0.1) is 0 Å². The van der Waals surface area contributed by atoms with Gasteiger partial charge in [0.05, 0.1) is 17.7 Å². The monoisotopic (exact) mass is 488 g/mol. The van der Waals surface area contributed by atoms with Crippen molar-refractivity contribution in [1.82, 2.24) is 4.90 Å². The molecule has 0 spiro atoms. The summed E-state index contributed by atoms with van der Waals surface area (Å²) in [6.07, 6.45) is -0.00488. The molecule has 188 valence electrons. The van der Waals surface area contributed by atoms with E-state index >= 15 is 0 Å². The summed E-state index contributed by atoms with van der Waals surface area (Å²) in [5, 5.41) is 9.48. The summed E-state index contributed by atoms with van der Waals surface area (Å²) in [6.45, 7) is 3.68. The van der Waals surface area contributed by atoms with Crippen molar-refractivity contribution in [2.75, 3.05) is 25.1 Å². The minimum atomic E-state index is -0.951. The zero-order valence-corrected chi connectivity index (χ0v) is 20.7. The number of methoxy groups -OCH3 is 1. The minimum absolute atomic E-state index is 0.196. The first-order valence-corrected chi connectivity index (χ1v) is 12.1. The zero-order valence-electron chi connectivity index (χ0n) is 20.7. The number of piperidine rings is 1. The highest BCUT2D eigenvalue weighted by atomic mass is 16.6. The summed E-state index contributed by atoms with van der Waals surface area (Å²) in [5.74, 6) is -0.951. The van der Waals surface area contributed by atoms with E-state index in [1.165, 1.54) is 0 Å². The van der Waals surface area contributed by atoms with Crippen molar-refractivity contribution in [2.24, 2.45) is 0 Å². The van der Waals surface area contributed by atoms with Crippen molar-refractivity contribution in [1.29, 1.82) is 0 Å². The molecular weight excluding hydrogens is 456 g/mol. The molecule has 36 heavy (non-hydrogen) atoms. The summed E-state index contributed by atoms with van der Waals surface area (Å²) < 4.78 is 11.6. The van der Waals surface area contributed by atoms with E-state index in [1.807, 2.05) is 73.7 Å². The predicted molar refractivity (Wildman–Crippen MR) is 138 cm³/mol. The van der Waals surface area contributed by atoms with Gasteiger partial charge in [-0.05, 0) is 48.2 Å². The molecule has 0 bridgehead atoms. The van der Waals surface area contributed by atoms with Gasteiger partial charge in [0.15, 0.2) is 0 Å². The largest absolute Gasteiger partial charge is 0.478 e. The third-order valence-electron chi connectivity index (χ3n) is 6.54. The molecule has 7 nitrogen and oxygen atoms in total. The normalized spacial score (nSPS) is 17.4. The van der Waals surface area contributed by atoms with Gasteiger partial charge in [0.2, 0.25) is 0 Å². The van der Waals surface area contributed by atoms with E-state index < -0.39 is 5.97 Å². The average molecular weight is 489 g/mol. The van der Waals surface area contributed by atoms with Gasteiger partial charge < -0.3 is 19.5 Å². The molecule has 1 aliphatic heterocycles. The molecular formula is C29H32N2O5. The van der Waals surface area contributed by atoms with E-state index in [1.54, 1.807) is 24.1 Å². The number of hydrogen-bond donors (Lipinski definition) is 1.